The van der Waals surface area contributed by atoms with Gasteiger partial charge in [0.2, 0.25) is 0 Å². The van der Waals surface area contributed by atoms with Crippen molar-refractivity contribution in [3.05, 3.63) is 0 Å². The number of hydrogen-bond donors (Lipinski definition) is 6. The predicted molar refractivity (Wildman–Crippen MR) is 46.2 cm³/mol. The van der Waals surface area contributed by atoms with Crippen LogP contribution < -0.4 is 34.9 Å². The zero-order valence-corrected chi connectivity index (χ0v) is 10.5. The van der Waals surface area contributed by atoms with Crippen molar-refractivity contribution in [1.29, 1.82) is 0 Å². The summed E-state index contributed by atoms with van der Waals surface area (Å²) in [7, 11) is 1.57. The minimum atomic E-state index is -1.55. The summed E-state index contributed by atoms with van der Waals surface area (Å²) in [5.41, 5.74) is 0. The van der Waals surface area contributed by atoms with Crippen LogP contribution in [0.2, 0.25) is 0 Å². The second kappa shape index (κ2) is 9.02. The Kier molecular flexibility index (Phi) is 11.1. The molecule has 4 atom stereocenters. The molecule has 6 nitrogen and oxygen atoms in total. The van der Waals surface area contributed by atoms with Gasteiger partial charge in [0.1, 0.15) is 18.3 Å². The van der Waals surface area contributed by atoms with Crippen molar-refractivity contribution >= 4 is 0 Å². The van der Waals surface area contributed by atoms with Crippen LogP contribution in [0.5, 0.6) is 0 Å². The van der Waals surface area contributed by atoms with Gasteiger partial charge in [-0.1, -0.05) is 0 Å². The predicted octanol–water partition coefficient (Wildman–Crippen LogP) is -6.24. The number of rotatable bonds is 6. The average molecular weight is 219 g/mol. The number of hydrogen-bond acceptors (Lipinski definition) is 6. The molecule has 0 aromatic carbocycles. The largest absolute Gasteiger partial charge is 1.00 e. The van der Waals surface area contributed by atoms with Crippen LogP contribution >= 0.6 is 0 Å². The molecule has 0 rings (SSSR count). The Morgan fingerprint density at radius 3 is 1.86 bits per heavy atom. The molecule has 0 amide bonds. The summed E-state index contributed by atoms with van der Waals surface area (Å²) >= 11 is 0. The molecule has 0 aromatic rings. The molecule has 14 heavy (non-hydrogen) atoms. The fraction of sp³-hybridized carbons (Fsp3) is 1.00. The van der Waals surface area contributed by atoms with Crippen LogP contribution in [0, 0.1) is 0 Å². The maximum absolute atomic E-state index is 9.21. The van der Waals surface area contributed by atoms with E-state index in [4.69, 9.17) is 20.4 Å². The maximum Gasteiger partial charge on any atom is 1.00 e. The van der Waals surface area contributed by atoms with Crippen LogP contribution in [0.25, 0.3) is 0 Å². The first-order valence-electron chi connectivity index (χ1n) is 4.02. The third-order valence-corrected chi connectivity index (χ3v) is 1.74. The standard InChI is InChI=1S/C7H17NO5.Na.H/c1-8-2-4(10)6(12)7(13)5(11)3-9;;/h4-13H,2-3H2,1H3;;/q;+1;-1/t4-,5+,6+,7+;;/m0../s1. The molecule has 0 radical (unpaired) electrons. The SMILES string of the molecule is CNC[C@H](O)[C@@H](O)[C@H](O)[C@H](O)CO.[H-].[Na+]. The van der Waals surface area contributed by atoms with Crippen LogP contribution in [0.1, 0.15) is 1.43 Å². The Labute approximate surface area is 106 Å². The molecule has 6 N–H and O–H groups in total. The van der Waals surface area contributed by atoms with Crippen LogP contribution in [0.4, 0.5) is 0 Å². The van der Waals surface area contributed by atoms with Gasteiger partial charge in [-0.3, -0.25) is 0 Å². The Morgan fingerprint density at radius 2 is 1.50 bits per heavy atom. The van der Waals surface area contributed by atoms with Crippen molar-refractivity contribution in [3.63, 3.8) is 0 Å². The van der Waals surface area contributed by atoms with E-state index >= 15 is 0 Å². The van der Waals surface area contributed by atoms with Crippen molar-refractivity contribution in [1.82, 2.24) is 5.32 Å². The number of likely N-dealkylation sites (N-methyl/N-ethyl adjacent to an activating group) is 1. The fourth-order valence-corrected chi connectivity index (χ4v) is 0.893. The van der Waals surface area contributed by atoms with Crippen molar-refractivity contribution < 1.29 is 56.5 Å². The normalized spacial score (nSPS) is 19.3. The van der Waals surface area contributed by atoms with E-state index in [2.05, 4.69) is 5.32 Å². The Balaban J connectivity index is -0.000000720. The Hall–Kier alpha value is 0.760. The molecular formula is C7H18NNaO5. The molecule has 7 heteroatoms. The Bertz CT molecular complexity index is 145. The van der Waals surface area contributed by atoms with Gasteiger partial charge >= 0.3 is 29.6 Å². The first kappa shape index (κ1) is 17.2. The monoisotopic (exact) mass is 219 g/mol. The molecule has 0 aliphatic heterocycles. The van der Waals surface area contributed by atoms with Gasteiger partial charge in [0.05, 0.1) is 12.7 Å². The first-order chi connectivity index (χ1) is 6.04. The number of aliphatic hydroxyl groups is 5. The van der Waals surface area contributed by atoms with Crippen LogP contribution in [-0.4, -0.2) is 70.1 Å². The van der Waals surface area contributed by atoms with Gasteiger partial charge in [0, 0.05) is 6.54 Å². The van der Waals surface area contributed by atoms with E-state index < -0.39 is 31.0 Å². The Morgan fingerprint density at radius 1 is 1.07 bits per heavy atom. The molecule has 82 valence electrons. The summed E-state index contributed by atoms with van der Waals surface area (Å²) in [6.45, 7) is -0.569. The summed E-state index contributed by atoms with van der Waals surface area (Å²) in [5.74, 6) is 0. The van der Waals surface area contributed by atoms with Crippen LogP contribution in [0.3, 0.4) is 0 Å². The van der Waals surface area contributed by atoms with E-state index in [0.29, 0.717) is 0 Å². The number of aliphatic hydroxyl groups excluding tert-OH is 5. The van der Waals surface area contributed by atoms with Crippen LogP contribution in [-0.2, 0) is 0 Å². The van der Waals surface area contributed by atoms with Gasteiger partial charge < -0.3 is 32.3 Å². The molecular weight excluding hydrogens is 201 g/mol. The molecule has 0 heterocycles. The molecule has 0 saturated heterocycles. The molecule has 0 unspecified atom stereocenters. The van der Waals surface area contributed by atoms with Crippen LogP contribution in [0.15, 0.2) is 0 Å². The quantitative estimate of drug-likeness (QED) is 0.248. The summed E-state index contributed by atoms with van der Waals surface area (Å²) in [5, 5.41) is 47.5. The molecule has 0 fully saturated rings. The molecule has 0 spiro atoms. The van der Waals surface area contributed by atoms with E-state index in [0.717, 1.165) is 0 Å². The second-order valence-electron chi connectivity index (χ2n) is 2.86. The third kappa shape index (κ3) is 5.59. The van der Waals surface area contributed by atoms with E-state index in [9.17, 15) is 5.11 Å². The van der Waals surface area contributed by atoms with Crippen molar-refractivity contribution in [2.45, 2.75) is 24.4 Å². The van der Waals surface area contributed by atoms with E-state index in [1.165, 1.54) is 0 Å². The summed E-state index contributed by atoms with van der Waals surface area (Å²) in [4.78, 5) is 0. The average Bonchev–Trinajstić information content (AvgIpc) is 2.14. The van der Waals surface area contributed by atoms with Gasteiger partial charge in [-0.2, -0.15) is 0 Å². The minimum Gasteiger partial charge on any atom is -1.00 e. The van der Waals surface area contributed by atoms with E-state index in [1.807, 2.05) is 0 Å². The van der Waals surface area contributed by atoms with Gasteiger partial charge in [-0.15, -0.1) is 0 Å². The zero-order chi connectivity index (χ0) is 10.4. The maximum atomic E-state index is 9.21. The molecule has 0 saturated carbocycles. The zero-order valence-electron chi connectivity index (χ0n) is 9.46. The van der Waals surface area contributed by atoms with Crippen molar-refractivity contribution in [2.24, 2.45) is 0 Å². The van der Waals surface area contributed by atoms with E-state index in [1.54, 1.807) is 7.05 Å². The smallest absolute Gasteiger partial charge is 1.00 e. The number of nitrogens with one attached hydrogen (secondary N) is 1. The summed E-state index contributed by atoms with van der Waals surface area (Å²) in [6.07, 6.45) is -5.65. The minimum absolute atomic E-state index is 0. The molecule has 0 aromatic heterocycles. The molecule has 0 bridgehead atoms. The van der Waals surface area contributed by atoms with Gasteiger partial charge in [0.15, 0.2) is 0 Å². The van der Waals surface area contributed by atoms with Gasteiger partial charge in [-0.25, -0.2) is 0 Å². The molecule has 0 aliphatic rings. The fourth-order valence-electron chi connectivity index (χ4n) is 0.893. The van der Waals surface area contributed by atoms with Gasteiger partial charge in [0.25, 0.3) is 0 Å². The first-order valence-corrected chi connectivity index (χ1v) is 4.02. The van der Waals surface area contributed by atoms with E-state index in [-0.39, 0.29) is 37.5 Å². The topological polar surface area (TPSA) is 113 Å². The summed E-state index contributed by atoms with van der Waals surface area (Å²) in [6, 6.07) is 0. The van der Waals surface area contributed by atoms with Crippen molar-refractivity contribution in [3.8, 4) is 0 Å². The molecule has 0 aliphatic carbocycles. The second-order valence-corrected chi connectivity index (χ2v) is 2.86. The third-order valence-electron chi connectivity index (χ3n) is 1.74. The van der Waals surface area contributed by atoms with Gasteiger partial charge in [-0.05, 0) is 7.05 Å². The van der Waals surface area contributed by atoms with Crippen molar-refractivity contribution in [2.75, 3.05) is 20.2 Å². The summed E-state index contributed by atoms with van der Waals surface area (Å²) < 4.78 is 0.